The molecule has 0 atom stereocenters. The molecular weight excluding hydrogens is 356 g/mol. The van der Waals surface area contributed by atoms with E-state index in [9.17, 15) is 0 Å². The summed E-state index contributed by atoms with van der Waals surface area (Å²) in [6.07, 6.45) is 2.14. The highest BCUT2D eigenvalue weighted by molar-refractivity contribution is 5.63. The Balaban J connectivity index is 1.64. The first-order valence-electron chi connectivity index (χ1n) is 9.95. The minimum absolute atomic E-state index is 0.727. The average molecular weight is 383 g/mol. The Morgan fingerprint density at radius 3 is 2.48 bits per heavy atom. The Morgan fingerprint density at radius 2 is 1.69 bits per heavy atom. The van der Waals surface area contributed by atoms with Crippen LogP contribution in [0.3, 0.4) is 0 Å². The molecule has 0 fully saturated rings. The lowest BCUT2D eigenvalue weighted by atomic mass is 10.1. The molecule has 2 heterocycles. The SMILES string of the molecule is Cc1ccc(C)c(-n2cc(CNCc3cccc(C)n3)c(-c3ccccc3)n2)c1. The molecule has 0 spiro atoms. The maximum atomic E-state index is 4.95. The molecular formula is C25H26N4. The normalized spacial score (nSPS) is 11.0. The Bertz CT molecular complexity index is 1110. The van der Waals surface area contributed by atoms with Gasteiger partial charge in [0, 0.05) is 36.1 Å². The molecule has 0 unspecified atom stereocenters. The Labute approximate surface area is 172 Å². The number of aryl methyl sites for hydroxylation is 3. The first-order valence-corrected chi connectivity index (χ1v) is 9.95. The van der Waals surface area contributed by atoms with Crippen molar-refractivity contribution in [3.05, 3.63) is 101 Å². The molecule has 4 heteroatoms. The molecule has 0 amide bonds. The highest BCUT2D eigenvalue weighted by Gasteiger charge is 2.13. The van der Waals surface area contributed by atoms with Crippen molar-refractivity contribution < 1.29 is 0 Å². The number of pyridine rings is 1. The van der Waals surface area contributed by atoms with E-state index >= 15 is 0 Å². The van der Waals surface area contributed by atoms with Gasteiger partial charge in [0.1, 0.15) is 0 Å². The fraction of sp³-hybridized carbons (Fsp3) is 0.200. The van der Waals surface area contributed by atoms with Gasteiger partial charge < -0.3 is 5.32 Å². The first-order chi connectivity index (χ1) is 14.1. The van der Waals surface area contributed by atoms with Gasteiger partial charge in [-0.1, -0.05) is 48.5 Å². The average Bonchev–Trinajstić information content (AvgIpc) is 3.14. The van der Waals surface area contributed by atoms with Gasteiger partial charge in [0.2, 0.25) is 0 Å². The molecule has 0 aliphatic rings. The van der Waals surface area contributed by atoms with Gasteiger partial charge in [-0.2, -0.15) is 5.10 Å². The Kier molecular flexibility index (Phi) is 5.54. The second-order valence-corrected chi connectivity index (χ2v) is 7.48. The lowest BCUT2D eigenvalue weighted by Crippen LogP contribution is -2.14. The molecule has 0 aliphatic heterocycles. The largest absolute Gasteiger partial charge is 0.307 e. The molecule has 2 aromatic carbocycles. The van der Waals surface area contributed by atoms with Crippen LogP contribution < -0.4 is 5.32 Å². The third-order valence-electron chi connectivity index (χ3n) is 5.02. The van der Waals surface area contributed by atoms with Gasteiger partial charge in [-0.3, -0.25) is 4.98 Å². The lowest BCUT2D eigenvalue weighted by Gasteiger charge is -2.07. The monoisotopic (exact) mass is 382 g/mol. The predicted octanol–water partition coefficient (Wildman–Crippen LogP) is 5.15. The highest BCUT2D eigenvalue weighted by atomic mass is 15.3. The Hall–Kier alpha value is -3.24. The van der Waals surface area contributed by atoms with E-state index in [2.05, 4.69) is 78.9 Å². The number of nitrogens with one attached hydrogen (secondary N) is 1. The predicted molar refractivity (Wildman–Crippen MR) is 118 cm³/mol. The molecule has 4 nitrogen and oxygen atoms in total. The van der Waals surface area contributed by atoms with Crippen molar-refractivity contribution in [1.82, 2.24) is 20.1 Å². The zero-order valence-corrected chi connectivity index (χ0v) is 17.2. The molecule has 0 radical (unpaired) electrons. The zero-order valence-electron chi connectivity index (χ0n) is 17.2. The topological polar surface area (TPSA) is 42.7 Å². The summed E-state index contributed by atoms with van der Waals surface area (Å²) in [4.78, 5) is 4.58. The maximum Gasteiger partial charge on any atom is 0.0972 e. The van der Waals surface area contributed by atoms with Crippen LogP contribution in [0.1, 0.15) is 28.1 Å². The molecule has 0 bridgehead atoms. The third-order valence-corrected chi connectivity index (χ3v) is 5.02. The second-order valence-electron chi connectivity index (χ2n) is 7.48. The summed E-state index contributed by atoms with van der Waals surface area (Å²) >= 11 is 0. The number of nitrogens with zero attached hydrogens (tertiary/aromatic N) is 3. The quantitative estimate of drug-likeness (QED) is 0.501. The van der Waals surface area contributed by atoms with Crippen molar-refractivity contribution in [2.75, 3.05) is 0 Å². The van der Waals surface area contributed by atoms with Crippen molar-refractivity contribution >= 4 is 0 Å². The van der Waals surface area contributed by atoms with Gasteiger partial charge >= 0.3 is 0 Å². The molecule has 146 valence electrons. The summed E-state index contributed by atoms with van der Waals surface area (Å²) in [5, 5.41) is 8.48. The molecule has 4 rings (SSSR count). The number of rotatable bonds is 6. The Morgan fingerprint density at radius 1 is 0.862 bits per heavy atom. The maximum absolute atomic E-state index is 4.95. The molecule has 0 saturated carbocycles. The zero-order chi connectivity index (χ0) is 20.2. The van der Waals surface area contributed by atoms with Crippen LogP contribution in [0, 0.1) is 20.8 Å². The third kappa shape index (κ3) is 4.44. The standard InChI is InChI=1S/C25H26N4/c1-18-12-13-19(2)24(14-18)29-17-22(25(28-29)21-9-5-4-6-10-21)15-26-16-23-11-7-8-20(3)27-23/h4-14,17,26H,15-16H2,1-3H3. The molecule has 4 aromatic rings. The van der Waals surface area contributed by atoms with Gasteiger partial charge in [-0.25, -0.2) is 4.68 Å². The molecule has 1 N–H and O–H groups in total. The fourth-order valence-electron chi connectivity index (χ4n) is 3.49. The fourth-order valence-corrected chi connectivity index (χ4v) is 3.49. The van der Waals surface area contributed by atoms with Crippen LogP contribution >= 0.6 is 0 Å². The van der Waals surface area contributed by atoms with Gasteiger partial charge in [0.15, 0.2) is 0 Å². The summed E-state index contributed by atoms with van der Waals surface area (Å²) in [7, 11) is 0. The van der Waals surface area contributed by atoms with Crippen LogP contribution in [0.25, 0.3) is 16.9 Å². The van der Waals surface area contributed by atoms with Crippen molar-refractivity contribution in [2.45, 2.75) is 33.9 Å². The van der Waals surface area contributed by atoms with E-state index in [1.54, 1.807) is 0 Å². The van der Waals surface area contributed by atoms with Crippen molar-refractivity contribution in [3.63, 3.8) is 0 Å². The van der Waals surface area contributed by atoms with Gasteiger partial charge in [-0.15, -0.1) is 0 Å². The van der Waals surface area contributed by atoms with Crippen molar-refractivity contribution in [3.8, 4) is 16.9 Å². The van der Waals surface area contributed by atoms with Crippen LogP contribution in [0.5, 0.6) is 0 Å². The van der Waals surface area contributed by atoms with Crippen LogP contribution in [0.2, 0.25) is 0 Å². The van der Waals surface area contributed by atoms with Crippen LogP contribution in [-0.2, 0) is 13.1 Å². The summed E-state index contributed by atoms with van der Waals surface area (Å²) in [6.45, 7) is 7.71. The van der Waals surface area contributed by atoms with Gasteiger partial charge in [0.25, 0.3) is 0 Å². The molecule has 2 aromatic heterocycles. The van der Waals surface area contributed by atoms with Crippen molar-refractivity contribution in [2.24, 2.45) is 0 Å². The van der Waals surface area contributed by atoms with E-state index in [0.717, 1.165) is 41.4 Å². The van der Waals surface area contributed by atoms with Crippen LogP contribution in [0.15, 0.2) is 72.9 Å². The van der Waals surface area contributed by atoms with Crippen LogP contribution in [0.4, 0.5) is 0 Å². The summed E-state index contributed by atoms with van der Waals surface area (Å²) in [5.74, 6) is 0. The van der Waals surface area contributed by atoms with E-state index in [1.165, 1.54) is 16.7 Å². The molecule has 29 heavy (non-hydrogen) atoms. The van der Waals surface area contributed by atoms with Crippen molar-refractivity contribution in [1.29, 1.82) is 0 Å². The second kappa shape index (κ2) is 8.41. The highest BCUT2D eigenvalue weighted by Crippen LogP contribution is 2.25. The molecule has 0 aliphatic carbocycles. The van der Waals surface area contributed by atoms with E-state index in [1.807, 2.05) is 29.8 Å². The smallest absolute Gasteiger partial charge is 0.0972 e. The minimum Gasteiger partial charge on any atom is -0.307 e. The lowest BCUT2D eigenvalue weighted by molar-refractivity contribution is 0.678. The summed E-state index contributed by atoms with van der Waals surface area (Å²) in [5.41, 5.74) is 8.95. The number of aromatic nitrogens is 3. The van der Waals surface area contributed by atoms with E-state index in [0.29, 0.717) is 0 Å². The van der Waals surface area contributed by atoms with E-state index < -0.39 is 0 Å². The van der Waals surface area contributed by atoms with Gasteiger partial charge in [-0.05, 0) is 50.1 Å². The molecule has 0 saturated heterocycles. The number of hydrogen-bond donors (Lipinski definition) is 1. The van der Waals surface area contributed by atoms with E-state index in [-0.39, 0.29) is 0 Å². The number of benzene rings is 2. The first kappa shape index (κ1) is 19.1. The summed E-state index contributed by atoms with van der Waals surface area (Å²) < 4.78 is 2.01. The number of hydrogen-bond acceptors (Lipinski definition) is 3. The van der Waals surface area contributed by atoms with Crippen LogP contribution in [-0.4, -0.2) is 14.8 Å². The minimum atomic E-state index is 0.727. The van der Waals surface area contributed by atoms with E-state index in [4.69, 9.17) is 5.10 Å². The summed E-state index contributed by atoms with van der Waals surface area (Å²) in [6, 6.07) is 23.0. The van der Waals surface area contributed by atoms with Gasteiger partial charge in [0.05, 0.1) is 17.1 Å².